The molecule has 0 spiro atoms. The maximum Gasteiger partial charge on any atom is 0.350 e. The van der Waals surface area contributed by atoms with E-state index in [2.05, 4.69) is 20.1 Å². The van der Waals surface area contributed by atoms with Gasteiger partial charge in [0, 0.05) is 12.3 Å². The van der Waals surface area contributed by atoms with Crippen molar-refractivity contribution >= 4 is 18.4 Å². The highest BCUT2D eigenvalue weighted by molar-refractivity contribution is 5.91. The number of nitrogens with zero attached hydrogens (tertiary/aromatic N) is 5. The van der Waals surface area contributed by atoms with Crippen molar-refractivity contribution < 1.29 is 14.1 Å². The molecule has 0 N–H and O–H groups in total. The average Bonchev–Trinajstić information content (AvgIpc) is 3.13. The van der Waals surface area contributed by atoms with Gasteiger partial charge in [0.05, 0.1) is 30.7 Å². The summed E-state index contributed by atoms with van der Waals surface area (Å²) >= 11 is 0. The number of fused-ring (bicyclic) bond motifs is 2. The number of aryl methyl sites for hydroxylation is 1. The molecule has 2 aromatic rings. The van der Waals surface area contributed by atoms with Gasteiger partial charge in [0.2, 0.25) is 5.88 Å². The van der Waals surface area contributed by atoms with Crippen LogP contribution >= 0.6 is 0 Å². The van der Waals surface area contributed by atoms with Crippen LogP contribution in [0.1, 0.15) is 21.7 Å². The summed E-state index contributed by atoms with van der Waals surface area (Å²) in [6.07, 6.45) is 4.93. The van der Waals surface area contributed by atoms with E-state index in [-0.39, 0.29) is 5.88 Å². The Morgan fingerprint density at radius 3 is 3.19 bits per heavy atom. The molecule has 0 amide bonds. The molecule has 8 heteroatoms. The van der Waals surface area contributed by atoms with Crippen LogP contribution in [0.3, 0.4) is 0 Å². The molecule has 106 valence electrons. The minimum Gasteiger partial charge on any atom is -0.402 e. The van der Waals surface area contributed by atoms with E-state index < -0.39 is 5.97 Å². The van der Waals surface area contributed by atoms with Crippen LogP contribution in [-0.4, -0.2) is 38.6 Å². The highest BCUT2D eigenvalue weighted by Crippen LogP contribution is 2.25. The summed E-state index contributed by atoms with van der Waals surface area (Å²) in [6.45, 7) is 3.14. The fourth-order valence-electron chi connectivity index (χ4n) is 2.30. The topological polar surface area (TPSA) is 85.8 Å². The number of rotatable bonds is 2. The largest absolute Gasteiger partial charge is 0.402 e. The SMILES string of the molecule is Cc1nocc1C(=O)Oc1cc2n(n1)C=C1N=CCN1C2. The third-order valence-corrected chi connectivity index (χ3v) is 3.40. The second-order valence-corrected chi connectivity index (χ2v) is 4.80. The first-order valence-corrected chi connectivity index (χ1v) is 6.41. The molecule has 0 atom stereocenters. The van der Waals surface area contributed by atoms with E-state index in [1.807, 2.05) is 12.4 Å². The molecule has 2 aliphatic heterocycles. The molecule has 21 heavy (non-hydrogen) atoms. The molecule has 4 rings (SSSR count). The number of hydrogen-bond acceptors (Lipinski definition) is 7. The van der Waals surface area contributed by atoms with Crippen LogP contribution in [-0.2, 0) is 6.54 Å². The van der Waals surface area contributed by atoms with E-state index >= 15 is 0 Å². The summed E-state index contributed by atoms with van der Waals surface area (Å²) in [5.41, 5.74) is 1.72. The van der Waals surface area contributed by atoms with Gasteiger partial charge in [0.1, 0.15) is 17.6 Å². The standard InChI is InChI=1S/C13H11N5O3/c1-8-10(7-20-16-8)13(19)21-12-4-9-5-17-3-2-14-11(17)6-18(9)15-12/h2,4,6-7H,3,5H2,1H3. The fourth-order valence-corrected chi connectivity index (χ4v) is 2.30. The van der Waals surface area contributed by atoms with Crippen LogP contribution in [0, 0.1) is 6.92 Å². The molecule has 0 radical (unpaired) electrons. The van der Waals surface area contributed by atoms with Gasteiger partial charge >= 0.3 is 5.97 Å². The molecule has 0 bridgehead atoms. The van der Waals surface area contributed by atoms with Gasteiger partial charge in [-0.05, 0) is 6.92 Å². The first kappa shape index (κ1) is 11.9. The molecule has 0 unspecified atom stereocenters. The molecule has 0 fully saturated rings. The van der Waals surface area contributed by atoms with Crippen molar-refractivity contribution in [3.8, 4) is 5.88 Å². The zero-order valence-corrected chi connectivity index (χ0v) is 11.2. The van der Waals surface area contributed by atoms with E-state index in [0.29, 0.717) is 17.8 Å². The second kappa shape index (κ2) is 4.30. The van der Waals surface area contributed by atoms with E-state index in [4.69, 9.17) is 9.26 Å². The summed E-state index contributed by atoms with van der Waals surface area (Å²) in [7, 11) is 0. The van der Waals surface area contributed by atoms with Crippen LogP contribution in [0.15, 0.2) is 27.7 Å². The Balaban J connectivity index is 1.59. The lowest BCUT2D eigenvalue weighted by Gasteiger charge is -2.22. The molecule has 2 aromatic heterocycles. The monoisotopic (exact) mass is 285 g/mol. The summed E-state index contributed by atoms with van der Waals surface area (Å²) < 4.78 is 11.7. The Morgan fingerprint density at radius 2 is 2.38 bits per heavy atom. The first-order valence-electron chi connectivity index (χ1n) is 6.41. The number of esters is 1. The smallest absolute Gasteiger partial charge is 0.350 e. The molecule has 8 nitrogen and oxygen atoms in total. The lowest BCUT2D eigenvalue weighted by molar-refractivity contribution is 0.0725. The molecular formula is C13H11N5O3. The predicted molar refractivity (Wildman–Crippen MR) is 71.6 cm³/mol. The maximum absolute atomic E-state index is 12.0. The molecule has 0 aromatic carbocycles. The van der Waals surface area contributed by atoms with Crippen LogP contribution in [0.4, 0.5) is 0 Å². The van der Waals surface area contributed by atoms with Crippen LogP contribution in [0.2, 0.25) is 0 Å². The van der Waals surface area contributed by atoms with Crippen molar-refractivity contribution in [2.75, 3.05) is 6.54 Å². The summed E-state index contributed by atoms with van der Waals surface area (Å²) in [4.78, 5) is 18.3. The van der Waals surface area contributed by atoms with Crippen LogP contribution in [0.25, 0.3) is 6.20 Å². The zero-order valence-electron chi connectivity index (χ0n) is 11.2. The number of carbonyl (C=O) groups excluding carboxylic acids is 1. The second-order valence-electron chi connectivity index (χ2n) is 4.80. The van der Waals surface area contributed by atoms with Crippen molar-refractivity contribution in [2.24, 2.45) is 4.99 Å². The number of carbonyl (C=O) groups is 1. The van der Waals surface area contributed by atoms with E-state index in [9.17, 15) is 4.79 Å². The van der Waals surface area contributed by atoms with Gasteiger partial charge in [-0.3, -0.25) is 0 Å². The third kappa shape index (κ3) is 1.92. The normalized spacial score (nSPS) is 15.7. The van der Waals surface area contributed by atoms with E-state index in [0.717, 1.165) is 18.1 Å². The van der Waals surface area contributed by atoms with Gasteiger partial charge < -0.3 is 14.2 Å². The van der Waals surface area contributed by atoms with Crippen molar-refractivity contribution in [3.63, 3.8) is 0 Å². The Kier molecular flexibility index (Phi) is 2.44. The Labute approximate surface area is 119 Å². The summed E-state index contributed by atoms with van der Waals surface area (Å²) in [6, 6.07) is 1.74. The number of aromatic nitrogens is 3. The van der Waals surface area contributed by atoms with Crippen molar-refractivity contribution in [1.29, 1.82) is 0 Å². The van der Waals surface area contributed by atoms with E-state index in [1.165, 1.54) is 6.26 Å². The minimum atomic E-state index is -0.532. The van der Waals surface area contributed by atoms with Crippen molar-refractivity contribution in [1.82, 2.24) is 19.8 Å². The fraction of sp³-hybridized carbons (Fsp3) is 0.231. The molecule has 0 saturated carbocycles. The molecule has 2 aliphatic rings. The quantitative estimate of drug-likeness (QED) is 0.767. The number of aliphatic imine (C=N–C) groups is 1. The van der Waals surface area contributed by atoms with Gasteiger partial charge in [-0.1, -0.05) is 5.16 Å². The van der Waals surface area contributed by atoms with Crippen molar-refractivity contribution in [3.05, 3.63) is 35.1 Å². The van der Waals surface area contributed by atoms with Gasteiger partial charge in [0.25, 0.3) is 0 Å². The van der Waals surface area contributed by atoms with Crippen LogP contribution < -0.4 is 4.74 Å². The van der Waals surface area contributed by atoms with Gasteiger partial charge in [-0.15, -0.1) is 5.10 Å². The zero-order chi connectivity index (χ0) is 14.4. The summed E-state index contributed by atoms with van der Waals surface area (Å²) in [5, 5.41) is 7.89. The van der Waals surface area contributed by atoms with Gasteiger partial charge in [0.15, 0.2) is 0 Å². The highest BCUT2D eigenvalue weighted by atomic mass is 16.5. The maximum atomic E-state index is 12.0. The average molecular weight is 285 g/mol. The highest BCUT2D eigenvalue weighted by Gasteiger charge is 2.23. The third-order valence-electron chi connectivity index (χ3n) is 3.40. The molecule has 4 heterocycles. The predicted octanol–water partition coefficient (Wildman–Crippen LogP) is 1.05. The minimum absolute atomic E-state index is 0.248. The lowest BCUT2D eigenvalue weighted by Crippen LogP contribution is -2.24. The van der Waals surface area contributed by atoms with Crippen molar-refractivity contribution in [2.45, 2.75) is 13.5 Å². The number of hydrogen-bond donors (Lipinski definition) is 0. The first-order chi connectivity index (χ1) is 10.2. The molecule has 0 aliphatic carbocycles. The Morgan fingerprint density at radius 1 is 1.48 bits per heavy atom. The number of ether oxygens (including phenoxy) is 1. The Hall–Kier alpha value is -2.90. The lowest BCUT2D eigenvalue weighted by atomic mass is 10.3. The van der Waals surface area contributed by atoms with Gasteiger partial charge in [-0.25, -0.2) is 14.5 Å². The van der Waals surface area contributed by atoms with Crippen LogP contribution in [0.5, 0.6) is 5.88 Å². The van der Waals surface area contributed by atoms with Gasteiger partial charge in [-0.2, -0.15) is 0 Å². The Bertz CT molecular complexity index is 786. The van der Waals surface area contributed by atoms with E-state index in [1.54, 1.807) is 17.7 Å². The molecule has 0 saturated heterocycles. The molecular weight excluding hydrogens is 274 g/mol. The summed E-state index contributed by atoms with van der Waals surface area (Å²) in [5.74, 6) is 0.575.